The number of hydrogen-bond acceptors (Lipinski definition) is 4. The average molecular weight is 144 g/mol. The highest BCUT2D eigenvalue weighted by molar-refractivity contribution is 6.43. The molecule has 10 heavy (non-hydrogen) atoms. The maximum atomic E-state index is 10.5. The van der Waals surface area contributed by atoms with Gasteiger partial charge in [0.05, 0.1) is 0 Å². The van der Waals surface area contributed by atoms with Crippen molar-refractivity contribution in [3.8, 4) is 0 Å². The van der Waals surface area contributed by atoms with Crippen molar-refractivity contribution in [2.45, 2.75) is 6.04 Å². The van der Waals surface area contributed by atoms with Crippen LogP contribution in [0.5, 0.6) is 0 Å². The standard InChI is InChI=1S/C4H4N2O4/c7-2-1(4(9)10)5-6-3(2)8/h1,5H,(H,6,8)(H,9,10). The lowest BCUT2D eigenvalue weighted by Gasteiger charge is -1.96. The number of carbonyl (C=O) groups is 3. The first-order chi connectivity index (χ1) is 4.63. The van der Waals surface area contributed by atoms with Crippen LogP contribution in [0.25, 0.3) is 0 Å². The summed E-state index contributed by atoms with van der Waals surface area (Å²) < 4.78 is 0. The predicted molar refractivity (Wildman–Crippen MR) is 27.7 cm³/mol. The first kappa shape index (κ1) is 6.69. The maximum Gasteiger partial charge on any atom is 0.330 e. The van der Waals surface area contributed by atoms with Crippen LogP contribution in [0, 0.1) is 0 Å². The highest BCUT2D eigenvalue weighted by atomic mass is 16.4. The van der Waals surface area contributed by atoms with E-state index in [0.717, 1.165) is 0 Å². The van der Waals surface area contributed by atoms with Crippen LogP contribution in [0.1, 0.15) is 0 Å². The molecular weight excluding hydrogens is 140 g/mol. The Balaban J connectivity index is 2.76. The van der Waals surface area contributed by atoms with E-state index in [2.05, 4.69) is 0 Å². The fraction of sp³-hybridized carbons (Fsp3) is 0.250. The van der Waals surface area contributed by atoms with Gasteiger partial charge in [-0.25, -0.2) is 10.2 Å². The lowest BCUT2D eigenvalue weighted by Crippen LogP contribution is -2.38. The molecule has 1 heterocycles. The van der Waals surface area contributed by atoms with Gasteiger partial charge in [-0.2, -0.15) is 0 Å². The summed E-state index contributed by atoms with van der Waals surface area (Å²) in [5, 5.41) is 8.23. The summed E-state index contributed by atoms with van der Waals surface area (Å²) in [5.74, 6) is -3.23. The molecule has 1 atom stereocenters. The SMILES string of the molecule is O=C1NNC(C(=O)O)C1=O. The number of Topliss-reactive ketones (excluding diaryl/α,β-unsaturated/α-hetero) is 1. The first-order valence-electron chi connectivity index (χ1n) is 2.45. The van der Waals surface area contributed by atoms with E-state index >= 15 is 0 Å². The van der Waals surface area contributed by atoms with Crippen LogP contribution in [0.2, 0.25) is 0 Å². The van der Waals surface area contributed by atoms with E-state index in [1.807, 2.05) is 10.9 Å². The molecule has 1 rings (SSSR count). The van der Waals surface area contributed by atoms with Gasteiger partial charge in [0.15, 0.2) is 6.04 Å². The maximum absolute atomic E-state index is 10.5. The molecule has 0 aromatic heterocycles. The van der Waals surface area contributed by atoms with Gasteiger partial charge in [0, 0.05) is 0 Å². The van der Waals surface area contributed by atoms with Crippen molar-refractivity contribution in [3.63, 3.8) is 0 Å². The normalized spacial score (nSPS) is 24.6. The molecule has 0 radical (unpaired) electrons. The van der Waals surface area contributed by atoms with Crippen LogP contribution in [0.4, 0.5) is 0 Å². The lowest BCUT2D eigenvalue weighted by atomic mass is 10.2. The molecule has 54 valence electrons. The van der Waals surface area contributed by atoms with Gasteiger partial charge < -0.3 is 5.11 Å². The number of carboxylic acids is 1. The number of carboxylic acid groups (broad SMARTS) is 1. The van der Waals surface area contributed by atoms with Crippen molar-refractivity contribution in [3.05, 3.63) is 0 Å². The summed E-state index contributed by atoms with van der Waals surface area (Å²) in [5.41, 5.74) is 3.89. The van der Waals surface area contributed by atoms with Crippen LogP contribution in [0.15, 0.2) is 0 Å². The van der Waals surface area contributed by atoms with Crippen molar-refractivity contribution in [2.24, 2.45) is 0 Å². The Morgan fingerprint density at radius 1 is 1.50 bits per heavy atom. The molecule has 3 N–H and O–H groups in total. The number of amides is 1. The third-order valence-corrected chi connectivity index (χ3v) is 1.06. The number of carbonyl (C=O) groups excluding carboxylic acids is 2. The highest BCUT2D eigenvalue weighted by Crippen LogP contribution is 1.91. The molecule has 1 aliphatic rings. The van der Waals surface area contributed by atoms with Crippen LogP contribution in [0.3, 0.4) is 0 Å². The molecular formula is C4H4N2O4. The average Bonchev–Trinajstić information content (AvgIpc) is 2.14. The van der Waals surface area contributed by atoms with Gasteiger partial charge in [-0.1, -0.05) is 0 Å². The summed E-state index contributed by atoms with van der Waals surface area (Å²) in [7, 11) is 0. The van der Waals surface area contributed by atoms with Gasteiger partial charge >= 0.3 is 11.9 Å². The van der Waals surface area contributed by atoms with Crippen LogP contribution in [-0.4, -0.2) is 28.8 Å². The van der Waals surface area contributed by atoms with Crippen molar-refractivity contribution in [2.75, 3.05) is 0 Å². The van der Waals surface area contributed by atoms with E-state index in [0.29, 0.717) is 0 Å². The summed E-state index contributed by atoms with van der Waals surface area (Å²) >= 11 is 0. The minimum Gasteiger partial charge on any atom is -0.480 e. The molecule has 0 saturated carbocycles. The Kier molecular flexibility index (Phi) is 1.38. The molecule has 1 unspecified atom stereocenters. The molecule has 1 fully saturated rings. The Labute approximate surface area is 55.2 Å². The molecule has 1 amide bonds. The molecule has 1 saturated heterocycles. The molecule has 6 nitrogen and oxygen atoms in total. The van der Waals surface area contributed by atoms with Gasteiger partial charge in [-0.15, -0.1) is 0 Å². The van der Waals surface area contributed by atoms with E-state index in [1.165, 1.54) is 0 Å². The third kappa shape index (κ3) is 0.841. The second-order valence-electron chi connectivity index (χ2n) is 1.73. The fourth-order valence-electron chi connectivity index (χ4n) is 0.570. The third-order valence-electron chi connectivity index (χ3n) is 1.06. The Morgan fingerprint density at radius 3 is 2.30 bits per heavy atom. The van der Waals surface area contributed by atoms with Crippen molar-refractivity contribution >= 4 is 17.7 Å². The number of hydrazine groups is 1. The van der Waals surface area contributed by atoms with Gasteiger partial charge in [0.25, 0.3) is 5.78 Å². The molecule has 0 aromatic carbocycles. The van der Waals surface area contributed by atoms with Gasteiger partial charge in [-0.3, -0.25) is 15.0 Å². The van der Waals surface area contributed by atoms with Crippen molar-refractivity contribution in [1.82, 2.24) is 10.9 Å². The largest absolute Gasteiger partial charge is 0.480 e. The second kappa shape index (κ2) is 2.07. The number of hydrogen-bond donors (Lipinski definition) is 3. The first-order valence-corrected chi connectivity index (χ1v) is 2.45. The Morgan fingerprint density at radius 2 is 2.10 bits per heavy atom. The van der Waals surface area contributed by atoms with Crippen LogP contribution < -0.4 is 10.9 Å². The summed E-state index contributed by atoms with van der Waals surface area (Å²) in [6.07, 6.45) is 0. The lowest BCUT2D eigenvalue weighted by molar-refractivity contribution is -0.144. The summed E-state index contributed by atoms with van der Waals surface area (Å²) in [6, 6.07) is -1.42. The molecule has 0 bridgehead atoms. The molecule has 0 aromatic rings. The van der Waals surface area contributed by atoms with E-state index in [4.69, 9.17) is 5.11 Å². The molecule has 0 aliphatic carbocycles. The monoisotopic (exact) mass is 144 g/mol. The van der Waals surface area contributed by atoms with Gasteiger partial charge in [-0.05, 0) is 0 Å². The zero-order chi connectivity index (χ0) is 7.72. The topological polar surface area (TPSA) is 95.5 Å². The van der Waals surface area contributed by atoms with E-state index in [1.54, 1.807) is 0 Å². The predicted octanol–water partition coefficient (Wildman–Crippen LogP) is -2.36. The number of aliphatic carboxylic acids is 1. The summed E-state index contributed by atoms with van der Waals surface area (Å²) in [4.78, 5) is 30.9. The molecule has 0 spiro atoms. The molecule has 1 aliphatic heterocycles. The van der Waals surface area contributed by atoms with Crippen molar-refractivity contribution < 1.29 is 19.5 Å². The van der Waals surface area contributed by atoms with Crippen molar-refractivity contribution in [1.29, 1.82) is 0 Å². The second-order valence-corrected chi connectivity index (χ2v) is 1.73. The molecule has 6 heteroatoms. The smallest absolute Gasteiger partial charge is 0.330 e. The highest BCUT2D eigenvalue weighted by Gasteiger charge is 2.37. The number of nitrogens with one attached hydrogen (secondary N) is 2. The van der Waals surface area contributed by atoms with Gasteiger partial charge in [0.1, 0.15) is 0 Å². The zero-order valence-corrected chi connectivity index (χ0v) is 4.75. The summed E-state index contributed by atoms with van der Waals surface area (Å²) in [6.45, 7) is 0. The quantitative estimate of drug-likeness (QED) is 0.282. The zero-order valence-electron chi connectivity index (χ0n) is 4.75. The van der Waals surface area contributed by atoms with Crippen LogP contribution in [-0.2, 0) is 14.4 Å². The minimum absolute atomic E-state index is 0.910. The van der Waals surface area contributed by atoms with Crippen LogP contribution >= 0.6 is 0 Å². The van der Waals surface area contributed by atoms with E-state index < -0.39 is 23.7 Å². The Bertz CT molecular complexity index is 211. The fourth-order valence-corrected chi connectivity index (χ4v) is 0.570. The van der Waals surface area contributed by atoms with E-state index in [9.17, 15) is 14.4 Å². The van der Waals surface area contributed by atoms with E-state index in [-0.39, 0.29) is 0 Å². The Hall–Kier alpha value is -1.43. The number of ketones is 1. The minimum atomic E-state index is -1.42. The van der Waals surface area contributed by atoms with Gasteiger partial charge in [0.2, 0.25) is 0 Å². The number of rotatable bonds is 1.